The quantitative estimate of drug-likeness (QED) is 0.771. The summed E-state index contributed by atoms with van der Waals surface area (Å²) in [6, 6.07) is -0.0939. The zero-order valence-corrected chi connectivity index (χ0v) is 10.8. The third-order valence-electron chi connectivity index (χ3n) is 3.75. The molecular weight excluding hydrogens is 200 g/mol. The number of nitrogens with two attached hydrogens (primary N) is 1. The van der Waals surface area contributed by atoms with E-state index in [9.17, 15) is 4.79 Å². The van der Waals surface area contributed by atoms with E-state index in [1.165, 1.54) is 32.1 Å². The Labute approximate surface area is 99.2 Å². The van der Waals surface area contributed by atoms with Gasteiger partial charge in [0.1, 0.15) is 0 Å². The predicted molar refractivity (Wildman–Crippen MR) is 67.0 cm³/mol. The van der Waals surface area contributed by atoms with Gasteiger partial charge in [0.25, 0.3) is 0 Å². The fourth-order valence-electron chi connectivity index (χ4n) is 2.38. The van der Waals surface area contributed by atoms with E-state index in [4.69, 9.17) is 5.73 Å². The second-order valence-electron chi connectivity index (χ2n) is 5.47. The van der Waals surface area contributed by atoms with Gasteiger partial charge < -0.3 is 11.1 Å². The molecule has 0 saturated heterocycles. The van der Waals surface area contributed by atoms with Gasteiger partial charge in [0.05, 0.1) is 6.04 Å². The molecule has 0 radical (unpaired) electrons. The van der Waals surface area contributed by atoms with Crippen molar-refractivity contribution in [1.82, 2.24) is 5.32 Å². The van der Waals surface area contributed by atoms with E-state index in [1.807, 2.05) is 13.8 Å². The lowest BCUT2D eigenvalue weighted by Crippen LogP contribution is -2.49. The van der Waals surface area contributed by atoms with Crippen molar-refractivity contribution in [1.29, 1.82) is 0 Å². The molecule has 1 saturated carbocycles. The molecule has 1 rings (SSSR count). The van der Waals surface area contributed by atoms with Crippen molar-refractivity contribution in [2.24, 2.45) is 17.6 Å². The SMILES string of the molecule is CC(NC(=O)[C@@H](N)C(C)C)C1CCCCC1. The molecule has 0 aromatic carbocycles. The van der Waals surface area contributed by atoms with E-state index < -0.39 is 0 Å². The summed E-state index contributed by atoms with van der Waals surface area (Å²) < 4.78 is 0. The smallest absolute Gasteiger partial charge is 0.237 e. The highest BCUT2D eigenvalue weighted by atomic mass is 16.2. The van der Waals surface area contributed by atoms with Gasteiger partial charge in [-0.1, -0.05) is 33.1 Å². The molecule has 0 bridgehead atoms. The third kappa shape index (κ3) is 3.78. The fourth-order valence-corrected chi connectivity index (χ4v) is 2.38. The van der Waals surface area contributed by atoms with Crippen molar-refractivity contribution in [2.45, 2.75) is 65.0 Å². The van der Waals surface area contributed by atoms with Crippen LogP contribution < -0.4 is 11.1 Å². The van der Waals surface area contributed by atoms with E-state index in [-0.39, 0.29) is 23.9 Å². The lowest BCUT2D eigenvalue weighted by molar-refractivity contribution is -0.124. The molecule has 3 heteroatoms. The largest absolute Gasteiger partial charge is 0.352 e. The average molecular weight is 226 g/mol. The molecule has 0 aromatic rings. The molecule has 0 heterocycles. The second-order valence-corrected chi connectivity index (χ2v) is 5.47. The van der Waals surface area contributed by atoms with Gasteiger partial charge in [-0.25, -0.2) is 0 Å². The van der Waals surface area contributed by atoms with Crippen LogP contribution in [0.5, 0.6) is 0 Å². The standard InChI is InChI=1S/C13H26N2O/c1-9(2)12(14)13(16)15-10(3)11-7-5-4-6-8-11/h9-12H,4-8,14H2,1-3H3,(H,15,16)/t10?,12-/m0/s1. The molecule has 3 N–H and O–H groups in total. The third-order valence-corrected chi connectivity index (χ3v) is 3.75. The zero-order valence-electron chi connectivity index (χ0n) is 10.8. The maximum absolute atomic E-state index is 11.8. The van der Waals surface area contributed by atoms with Crippen molar-refractivity contribution in [2.75, 3.05) is 0 Å². The molecule has 1 amide bonds. The van der Waals surface area contributed by atoms with Gasteiger partial charge in [0, 0.05) is 6.04 Å². The highest BCUT2D eigenvalue weighted by Crippen LogP contribution is 2.26. The summed E-state index contributed by atoms with van der Waals surface area (Å²) in [6.07, 6.45) is 6.46. The molecule has 1 fully saturated rings. The number of carbonyl (C=O) groups is 1. The van der Waals surface area contributed by atoms with Crippen molar-refractivity contribution < 1.29 is 4.79 Å². The molecule has 94 valence electrons. The van der Waals surface area contributed by atoms with E-state index in [0.29, 0.717) is 5.92 Å². The topological polar surface area (TPSA) is 55.1 Å². The predicted octanol–water partition coefficient (Wildman–Crippen LogP) is 2.05. The second kappa shape index (κ2) is 6.24. The number of amides is 1. The number of rotatable bonds is 4. The van der Waals surface area contributed by atoms with Crippen molar-refractivity contribution >= 4 is 5.91 Å². The van der Waals surface area contributed by atoms with Gasteiger partial charge >= 0.3 is 0 Å². The molecular formula is C13H26N2O. The Morgan fingerprint density at radius 2 is 1.75 bits per heavy atom. The van der Waals surface area contributed by atoms with Gasteiger partial charge in [0.15, 0.2) is 0 Å². The first kappa shape index (κ1) is 13.5. The van der Waals surface area contributed by atoms with Crippen LogP contribution in [0.3, 0.4) is 0 Å². The van der Waals surface area contributed by atoms with E-state index >= 15 is 0 Å². The van der Waals surface area contributed by atoms with Gasteiger partial charge in [0.2, 0.25) is 5.91 Å². The van der Waals surface area contributed by atoms with Crippen LogP contribution in [-0.4, -0.2) is 18.0 Å². The van der Waals surface area contributed by atoms with Crippen LogP contribution in [0.25, 0.3) is 0 Å². The first-order valence-corrected chi connectivity index (χ1v) is 6.58. The number of carbonyl (C=O) groups excluding carboxylic acids is 1. The van der Waals surface area contributed by atoms with E-state index in [1.54, 1.807) is 0 Å². The molecule has 16 heavy (non-hydrogen) atoms. The molecule has 3 nitrogen and oxygen atoms in total. The Morgan fingerprint density at radius 1 is 1.19 bits per heavy atom. The summed E-state index contributed by atoms with van der Waals surface area (Å²) in [4.78, 5) is 11.8. The lowest BCUT2D eigenvalue weighted by Gasteiger charge is -2.29. The molecule has 1 aliphatic rings. The monoisotopic (exact) mass is 226 g/mol. The lowest BCUT2D eigenvalue weighted by atomic mass is 9.84. The van der Waals surface area contributed by atoms with Gasteiger partial charge in [-0.05, 0) is 31.6 Å². The summed E-state index contributed by atoms with van der Waals surface area (Å²) in [6.45, 7) is 6.08. The highest BCUT2D eigenvalue weighted by Gasteiger charge is 2.24. The first-order valence-electron chi connectivity index (χ1n) is 6.58. The summed E-state index contributed by atoms with van der Waals surface area (Å²) >= 11 is 0. The average Bonchev–Trinajstić information content (AvgIpc) is 2.28. The summed E-state index contributed by atoms with van der Waals surface area (Å²) in [7, 11) is 0. The Balaban J connectivity index is 2.37. The number of hydrogen-bond donors (Lipinski definition) is 2. The van der Waals surface area contributed by atoms with Crippen LogP contribution in [0.1, 0.15) is 52.9 Å². The van der Waals surface area contributed by atoms with Crippen LogP contribution in [0.4, 0.5) is 0 Å². The first-order chi connectivity index (χ1) is 7.52. The Kier molecular flexibility index (Phi) is 5.26. The minimum atomic E-state index is -0.369. The van der Waals surface area contributed by atoms with Crippen LogP contribution in [-0.2, 0) is 4.79 Å². The fraction of sp³-hybridized carbons (Fsp3) is 0.923. The van der Waals surface area contributed by atoms with E-state index in [2.05, 4.69) is 12.2 Å². The highest BCUT2D eigenvalue weighted by molar-refractivity contribution is 5.81. The molecule has 1 aliphatic carbocycles. The Hall–Kier alpha value is -0.570. The maximum atomic E-state index is 11.8. The molecule has 0 spiro atoms. The normalized spacial score (nSPS) is 21.8. The minimum Gasteiger partial charge on any atom is -0.352 e. The van der Waals surface area contributed by atoms with Crippen LogP contribution in [0.2, 0.25) is 0 Å². The van der Waals surface area contributed by atoms with Crippen molar-refractivity contribution in [3.05, 3.63) is 0 Å². The van der Waals surface area contributed by atoms with Crippen LogP contribution >= 0.6 is 0 Å². The summed E-state index contributed by atoms with van der Waals surface area (Å²) in [5.74, 6) is 0.865. The number of hydrogen-bond acceptors (Lipinski definition) is 2. The zero-order chi connectivity index (χ0) is 12.1. The van der Waals surface area contributed by atoms with Crippen molar-refractivity contribution in [3.8, 4) is 0 Å². The molecule has 1 unspecified atom stereocenters. The van der Waals surface area contributed by atoms with Crippen molar-refractivity contribution in [3.63, 3.8) is 0 Å². The van der Waals surface area contributed by atoms with Crippen LogP contribution in [0.15, 0.2) is 0 Å². The Morgan fingerprint density at radius 3 is 2.25 bits per heavy atom. The molecule has 0 aliphatic heterocycles. The maximum Gasteiger partial charge on any atom is 0.237 e. The van der Waals surface area contributed by atoms with Gasteiger partial charge in [-0.15, -0.1) is 0 Å². The Bertz CT molecular complexity index is 222. The van der Waals surface area contributed by atoms with Crippen LogP contribution in [0, 0.1) is 11.8 Å². The summed E-state index contributed by atoms with van der Waals surface area (Å²) in [5.41, 5.74) is 5.83. The summed E-state index contributed by atoms with van der Waals surface area (Å²) in [5, 5.41) is 3.07. The minimum absolute atomic E-state index is 0.00748. The van der Waals surface area contributed by atoms with Gasteiger partial charge in [-0.3, -0.25) is 4.79 Å². The van der Waals surface area contributed by atoms with Gasteiger partial charge in [-0.2, -0.15) is 0 Å². The number of nitrogens with one attached hydrogen (secondary N) is 1. The molecule has 0 aromatic heterocycles. The van der Waals surface area contributed by atoms with E-state index in [0.717, 1.165) is 0 Å². The molecule has 2 atom stereocenters.